The number of halogens is 3. The number of phenols is 1. The van der Waals surface area contributed by atoms with Crippen LogP contribution in [0, 0.1) is 33.7 Å². The molecule has 0 unspecified atom stereocenters. The number of rotatable bonds is 4. The van der Waals surface area contributed by atoms with Gasteiger partial charge in [0, 0.05) is 23.6 Å². The lowest BCUT2D eigenvalue weighted by atomic mass is 9.56. The maximum atomic E-state index is 14.6. The highest BCUT2D eigenvalue weighted by atomic mass is 35.5. The van der Waals surface area contributed by atoms with Crippen molar-refractivity contribution in [3.05, 3.63) is 118 Å². The van der Waals surface area contributed by atoms with Crippen LogP contribution in [0.3, 0.4) is 0 Å². The first-order valence-corrected chi connectivity index (χ1v) is 16.2. The summed E-state index contributed by atoms with van der Waals surface area (Å²) in [5.41, 5.74) is 0.689. The summed E-state index contributed by atoms with van der Waals surface area (Å²) in [5, 5.41) is 24.0. The second-order valence-corrected chi connectivity index (χ2v) is 14.0. The van der Waals surface area contributed by atoms with Gasteiger partial charge >= 0.3 is 0 Å². The minimum absolute atomic E-state index is 0.0398. The molecular formula is C36H24Cl2FN3O7. The van der Waals surface area contributed by atoms with Gasteiger partial charge in [-0.1, -0.05) is 42.0 Å². The lowest BCUT2D eigenvalue weighted by molar-refractivity contribution is -0.384. The highest BCUT2D eigenvalue weighted by Gasteiger charge is 2.77. The minimum atomic E-state index is -2.22. The molecule has 0 spiro atoms. The summed E-state index contributed by atoms with van der Waals surface area (Å²) < 4.78 is 13.9. The van der Waals surface area contributed by atoms with E-state index in [2.05, 4.69) is 0 Å². The first-order chi connectivity index (χ1) is 23.4. The van der Waals surface area contributed by atoms with Crippen molar-refractivity contribution in [2.75, 3.05) is 9.80 Å². The predicted molar refractivity (Wildman–Crippen MR) is 178 cm³/mol. The molecule has 4 amide bonds. The van der Waals surface area contributed by atoms with Crippen LogP contribution >= 0.6 is 23.2 Å². The van der Waals surface area contributed by atoms with Crippen LogP contribution in [0.15, 0.2) is 96.6 Å². The molecule has 1 N–H and O–H groups in total. The number of imide groups is 2. The summed E-state index contributed by atoms with van der Waals surface area (Å²) in [6, 6.07) is 20.0. The fourth-order valence-electron chi connectivity index (χ4n) is 8.28. The fourth-order valence-corrected chi connectivity index (χ4v) is 9.20. The summed E-state index contributed by atoms with van der Waals surface area (Å²) in [6.07, 6.45) is 1.53. The minimum Gasteiger partial charge on any atom is -0.508 e. The molecule has 0 bridgehead atoms. The molecule has 0 radical (unpaired) electrons. The molecule has 49 heavy (non-hydrogen) atoms. The van der Waals surface area contributed by atoms with Crippen LogP contribution < -0.4 is 9.80 Å². The molecule has 13 heteroatoms. The standard InChI is InChI=1S/C36H24Cl2FN3O7/c37-35-17-26-24(14-15-25-28(26)32(45)40(31(25)44)20-10-12-22(13-11-20)42(48)49)30(29-23-4-2-1-3-18(23)5-16-27(29)43)36(35,38)34(47)41(33(35)46)21-8-6-19(39)7-9-21/h1-14,16,25-26,28,30,43H,15,17H2/t25-,26+,28-,30+,35+,36-/m0/s1. The van der Waals surface area contributed by atoms with Gasteiger partial charge in [0.25, 0.3) is 17.5 Å². The number of alkyl halides is 2. The quantitative estimate of drug-likeness (QED) is 0.0860. The lowest BCUT2D eigenvalue weighted by Crippen LogP contribution is -2.60. The number of nitro groups is 1. The highest BCUT2D eigenvalue weighted by Crippen LogP contribution is 2.67. The average Bonchev–Trinajstić information content (AvgIpc) is 3.43. The Labute approximate surface area is 287 Å². The molecule has 0 aromatic heterocycles. The van der Waals surface area contributed by atoms with Gasteiger partial charge in [0.2, 0.25) is 11.8 Å². The number of aromatic hydroxyl groups is 1. The zero-order valence-corrected chi connectivity index (χ0v) is 26.8. The van der Waals surface area contributed by atoms with Crippen molar-refractivity contribution < 1.29 is 33.6 Å². The van der Waals surface area contributed by atoms with Crippen molar-refractivity contribution in [1.82, 2.24) is 0 Å². The largest absolute Gasteiger partial charge is 0.508 e. The van der Waals surface area contributed by atoms with E-state index in [0.29, 0.717) is 16.3 Å². The first-order valence-electron chi connectivity index (χ1n) is 15.4. The summed E-state index contributed by atoms with van der Waals surface area (Å²) in [7, 11) is 0. The van der Waals surface area contributed by atoms with Gasteiger partial charge < -0.3 is 5.11 Å². The Bertz CT molecular complexity index is 2190. The molecule has 8 rings (SSSR count). The predicted octanol–water partition coefficient (Wildman–Crippen LogP) is 6.36. The number of benzene rings is 4. The SMILES string of the molecule is O=C1[C@H]2[C@H](CC=C3[C@H]2C[C@@]2(Cl)C(=O)N(c4ccc(F)cc4)C(=O)[C@@]2(Cl)[C@H]3c2c(O)ccc3ccccc23)C(=O)N1c1ccc([N+](=O)[O-])cc1. The zero-order chi connectivity index (χ0) is 34.6. The third-order valence-electron chi connectivity index (χ3n) is 10.5. The Hall–Kier alpha value is -5.13. The van der Waals surface area contributed by atoms with Gasteiger partial charge in [-0.15, -0.1) is 23.2 Å². The van der Waals surface area contributed by atoms with Crippen molar-refractivity contribution in [3.8, 4) is 5.75 Å². The van der Waals surface area contributed by atoms with E-state index >= 15 is 0 Å². The van der Waals surface area contributed by atoms with E-state index in [1.54, 1.807) is 30.3 Å². The normalized spacial score (nSPS) is 29.2. The number of allylic oxidation sites excluding steroid dienone is 2. The Kier molecular flexibility index (Phi) is 6.79. The number of non-ortho nitro benzene ring substituents is 1. The molecule has 4 aromatic carbocycles. The van der Waals surface area contributed by atoms with Crippen molar-refractivity contribution >= 4 is 74.7 Å². The molecular weight excluding hydrogens is 676 g/mol. The molecule has 6 atom stereocenters. The number of nitro benzene ring substituents is 1. The molecule has 4 aliphatic rings. The number of carbonyl (C=O) groups is 4. The molecule has 2 heterocycles. The third-order valence-corrected chi connectivity index (χ3v) is 11.9. The Morgan fingerprint density at radius 3 is 2.16 bits per heavy atom. The Balaban J connectivity index is 1.32. The summed E-state index contributed by atoms with van der Waals surface area (Å²) in [4.78, 5) is 65.3. The number of fused-ring (bicyclic) bond motifs is 5. The maximum absolute atomic E-state index is 14.6. The third kappa shape index (κ3) is 4.12. The van der Waals surface area contributed by atoms with Gasteiger partial charge in [-0.2, -0.15) is 0 Å². The number of nitrogens with zero attached hydrogens (tertiary/aromatic N) is 3. The number of hydrogen-bond acceptors (Lipinski definition) is 7. The molecule has 246 valence electrons. The molecule has 2 aliphatic carbocycles. The second kappa shape index (κ2) is 10.7. The van der Waals surface area contributed by atoms with Gasteiger partial charge in [0.1, 0.15) is 11.6 Å². The molecule has 4 aromatic rings. The first kappa shape index (κ1) is 31.2. The maximum Gasteiger partial charge on any atom is 0.269 e. The topological polar surface area (TPSA) is 138 Å². The number of amides is 4. The van der Waals surface area contributed by atoms with Crippen LogP contribution in [0.25, 0.3) is 10.8 Å². The van der Waals surface area contributed by atoms with Crippen molar-refractivity contribution in [2.24, 2.45) is 17.8 Å². The van der Waals surface area contributed by atoms with Crippen LogP contribution in [0.1, 0.15) is 24.3 Å². The Morgan fingerprint density at radius 1 is 0.816 bits per heavy atom. The summed E-state index contributed by atoms with van der Waals surface area (Å²) in [6.45, 7) is 0. The van der Waals surface area contributed by atoms with Crippen LogP contribution in [-0.2, 0) is 19.2 Å². The summed E-state index contributed by atoms with van der Waals surface area (Å²) in [5.74, 6) is -7.67. The summed E-state index contributed by atoms with van der Waals surface area (Å²) >= 11 is 14.9. The average molecular weight is 701 g/mol. The van der Waals surface area contributed by atoms with E-state index in [4.69, 9.17) is 23.2 Å². The smallest absolute Gasteiger partial charge is 0.269 e. The van der Waals surface area contributed by atoms with E-state index < -0.39 is 67.8 Å². The molecule has 1 saturated carbocycles. The van der Waals surface area contributed by atoms with E-state index in [1.807, 2.05) is 6.07 Å². The molecule has 10 nitrogen and oxygen atoms in total. The van der Waals surface area contributed by atoms with Crippen molar-refractivity contribution in [2.45, 2.75) is 28.5 Å². The van der Waals surface area contributed by atoms with Crippen molar-refractivity contribution in [3.63, 3.8) is 0 Å². The van der Waals surface area contributed by atoms with Gasteiger partial charge in [0.05, 0.1) is 28.1 Å². The van der Waals surface area contributed by atoms with Gasteiger partial charge in [-0.25, -0.2) is 9.29 Å². The zero-order valence-electron chi connectivity index (χ0n) is 25.3. The second-order valence-electron chi connectivity index (χ2n) is 12.8. The van der Waals surface area contributed by atoms with Crippen LogP contribution in [0.2, 0.25) is 0 Å². The number of phenolic OH excluding ortho intramolecular Hbond substituents is 1. The Morgan fingerprint density at radius 2 is 1.47 bits per heavy atom. The van der Waals surface area contributed by atoms with E-state index in [0.717, 1.165) is 21.9 Å². The van der Waals surface area contributed by atoms with E-state index in [9.17, 15) is 38.8 Å². The van der Waals surface area contributed by atoms with Crippen LogP contribution in [0.4, 0.5) is 21.5 Å². The van der Waals surface area contributed by atoms with Gasteiger partial charge in [0.15, 0.2) is 9.75 Å². The van der Waals surface area contributed by atoms with Crippen LogP contribution in [0.5, 0.6) is 5.75 Å². The number of carbonyl (C=O) groups excluding carboxylic acids is 4. The molecule has 2 saturated heterocycles. The molecule has 2 aliphatic heterocycles. The van der Waals surface area contributed by atoms with E-state index in [1.165, 1.54) is 42.5 Å². The highest BCUT2D eigenvalue weighted by molar-refractivity contribution is 6.58. The number of hydrogen-bond donors (Lipinski definition) is 1. The fraction of sp³-hybridized carbons (Fsp3) is 0.222. The monoisotopic (exact) mass is 699 g/mol. The van der Waals surface area contributed by atoms with E-state index in [-0.39, 0.29) is 41.2 Å². The van der Waals surface area contributed by atoms with Gasteiger partial charge in [-0.05, 0) is 72.0 Å². The van der Waals surface area contributed by atoms with Crippen LogP contribution in [-0.4, -0.2) is 43.4 Å². The van der Waals surface area contributed by atoms with Gasteiger partial charge in [-0.3, -0.25) is 34.2 Å². The molecule has 3 fully saturated rings. The van der Waals surface area contributed by atoms with Crippen molar-refractivity contribution in [1.29, 1.82) is 0 Å². The number of anilines is 2. The lowest BCUT2D eigenvalue weighted by Gasteiger charge is -2.51.